The number of allylic oxidation sites excluding steroid dienone is 14. The molecule has 0 bridgehead atoms. The van der Waals surface area contributed by atoms with Crippen molar-refractivity contribution in [1.82, 2.24) is 29.9 Å². The van der Waals surface area contributed by atoms with Gasteiger partial charge in [0.05, 0.1) is 55.3 Å². The lowest BCUT2D eigenvalue weighted by Crippen LogP contribution is -2.30. The Morgan fingerprint density at radius 3 is 1.18 bits per heavy atom. The number of aromatic nitrogens is 6. The molecule has 0 radical (unpaired) electrons. The Bertz CT molecular complexity index is 9660. The van der Waals surface area contributed by atoms with Gasteiger partial charge < -0.3 is 0 Å². The van der Waals surface area contributed by atoms with E-state index in [9.17, 15) is 0 Å². The highest BCUT2D eigenvalue weighted by molar-refractivity contribution is 6.27. The molecule has 0 spiro atoms. The van der Waals surface area contributed by atoms with Gasteiger partial charge in [-0.3, -0.25) is 19.9 Å². The molecule has 0 amide bonds. The topological polar surface area (TPSA) is 77.3 Å². The van der Waals surface area contributed by atoms with Gasteiger partial charge in [-0.25, -0.2) is 9.97 Å². The van der Waals surface area contributed by atoms with Gasteiger partial charge in [-0.1, -0.05) is 376 Å². The second-order valence-electron chi connectivity index (χ2n) is 37.9. The molecule has 6 aliphatic carbocycles. The summed E-state index contributed by atoms with van der Waals surface area (Å²) in [5.74, 6) is 0.394. The lowest BCUT2D eigenvalue weighted by atomic mass is 9.61. The first-order valence-electron chi connectivity index (χ1n) is 48.4. The third kappa shape index (κ3) is 11.8. The molecule has 648 valence electrons. The molecule has 18 aromatic carbocycles. The predicted molar refractivity (Wildman–Crippen MR) is 579 cm³/mol. The molecule has 140 heavy (non-hydrogen) atoms. The highest BCUT2D eigenvalue weighted by Crippen LogP contribution is 2.62. The first kappa shape index (κ1) is 79.3. The molecule has 6 heteroatoms. The van der Waals surface area contributed by atoms with Gasteiger partial charge in [0.2, 0.25) is 0 Å². The summed E-state index contributed by atoms with van der Waals surface area (Å²) in [6.45, 7) is 0. The zero-order valence-electron chi connectivity index (χ0n) is 76.0. The predicted octanol–water partition coefficient (Wildman–Crippen LogP) is 32.8. The molecule has 24 aromatic rings. The highest BCUT2D eigenvalue weighted by Gasteiger charge is 2.49. The Morgan fingerprint density at radius 1 is 0.207 bits per heavy atom. The lowest BCUT2D eigenvalue weighted by molar-refractivity contribution is 0.569. The maximum absolute atomic E-state index is 5.55. The standard InChI is InChI=1S/C68H41N3.C66H41N3/c1-3-18-47(19-4-1)68(48-20-5-2-6-21-48)62-26-11-9-24-54(62)60-40-61-59(41-63(60)68)55-25-10-12-27-64(55)71-65(61)46-16-13-15-43(37-46)44-29-31-52-53-32-30-45(39-58(53)51-23-8-7-22-50(51)57(52)38-44)49-34-36-70-67-56(49)33-28-42-17-14-35-69-66(42)67;1-3-16-45(17-4-1)66(46-18-5-2-6-19-46)58-22-9-7-20-50(58)56-38-57-55(39-59(56)66)51-21-8-10-23-60(51)69-63(57)44-14-11-13-43(37-44)47-29-24-40-27-32-53-48(30-25-41-26-31-52(47)61(40)62(41)53)49-34-36-68-65-54(49)33-28-42-15-12-35-67-64(42)65/h1-41H;1-39,61-62H. The van der Waals surface area contributed by atoms with E-state index in [1.807, 2.05) is 36.9 Å². The Labute approximate surface area is 808 Å². The van der Waals surface area contributed by atoms with Crippen LogP contribution >= 0.6 is 0 Å². The summed E-state index contributed by atoms with van der Waals surface area (Å²) >= 11 is 0. The van der Waals surface area contributed by atoms with Crippen LogP contribution < -0.4 is 0 Å². The van der Waals surface area contributed by atoms with Gasteiger partial charge in [-0.2, -0.15) is 0 Å². The first-order chi connectivity index (χ1) is 69.4. The molecule has 6 aromatic heterocycles. The van der Waals surface area contributed by atoms with E-state index in [1.165, 1.54) is 160 Å². The fourth-order valence-electron chi connectivity index (χ4n) is 25.0. The summed E-state index contributed by atoms with van der Waals surface area (Å²) in [6.07, 6.45) is 26.4. The van der Waals surface area contributed by atoms with Crippen molar-refractivity contribution in [3.63, 3.8) is 0 Å². The molecule has 0 aliphatic heterocycles. The van der Waals surface area contributed by atoms with E-state index in [4.69, 9.17) is 29.9 Å². The van der Waals surface area contributed by atoms with Crippen molar-refractivity contribution in [2.45, 2.75) is 10.8 Å². The van der Waals surface area contributed by atoms with Crippen LogP contribution in [-0.2, 0) is 10.8 Å². The average Bonchev–Trinajstić information content (AvgIpc) is 1.52. The quantitative estimate of drug-likeness (QED) is 0.127. The molecular weight excluding hydrogens is 1690 g/mol. The molecule has 6 aliphatic rings. The van der Waals surface area contributed by atoms with Gasteiger partial charge in [0.1, 0.15) is 0 Å². The Kier molecular flexibility index (Phi) is 17.7. The van der Waals surface area contributed by atoms with Crippen LogP contribution in [0.5, 0.6) is 0 Å². The second kappa shape index (κ2) is 31.2. The number of hydrogen-bond acceptors (Lipinski definition) is 6. The van der Waals surface area contributed by atoms with Crippen molar-refractivity contribution in [2.24, 2.45) is 11.8 Å². The van der Waals surface area contributed by atoms with Gasteiger partial charge in [-0.05, 0) is 262 Å². The fraction of sp³-hybridized carbons (Fsp3) is 0.0299. The average molecular weight is 1780 g/mol. The molecule has 6 nitrogen and oxygen atoms in total. The van der Waals surface area contributed by atoms with Crippen LogP contribution in [0.2, 0.25) is 0 Å². The maximum atomic E-state index is 5.55. The SMILES string of the molecule is C1=CC2=C(c3cccc(-c4nc5ccccc5c5cc6c(cc45)-c4ccccc4C6(c4ccccc4)c4ccccc4)c3)C=CC3=CC=C4C(c5ccnc6c5ccc5cccnc56)=CC=C1C4C32.c1ccc(C2(c3ccccc3)c3ccccc3-c3cc4c(-c5cccc(-c6ccc7c8ccc(-c9ccnc%10c9ccc9cccnc9%10)cc8c8ccccc8c7c6)c5)nc5ccccc5c4cc32)cc1. The van der Waals surface area contributed by atoms with Crippen molar-refractivity contribution < 1.29 is 0 Å². The number of para-hydroxylation sites is 2. The smallest absolute Gasteiger partial charge is 0.0970 e. The zero-order chi connectivity index (χ0) is 91.8. The van der Waals surface area contributed by atoms with Crippen molar-refractivity contribution in [1.29, 1.82) is 0 Å². The van der Waals surface area contributed by atoms with Gasteiger partial charge >= 0.3 is 0 Å². The Hall–Kier alpha value is -18.1. The number of hydrogen-bond donors (Lipinski definition) is 0. The van der Waals surface area contributed by atoms with E-state index in [1.54, 1.807) is 0 Å². The monoisotopic (exact) mass is 1770 g/mol. The van der Waals surface area contributed by atoms with Gasteiger partial charge in [-0.15, -0.1) is 0 Å². The van der Waals surface area contributed by atoms with E-state index >= 15 is 0 Å². The van der Waals surface area contributed by atoms with E-state index in [2.05, 4.69) is 449 Å². The summed E-state index contributed by atoms with van der Waals surface area (Å²) in [5.41, 5.74) is 39.1. The minimum Gasteiger partial charge on any atom is -0.254 e. The number of pyridine rings is 6. The molecule has 30 rings (SSSR count). The lowest BCUT2D eigenvalue weighted by Gasteiger charge is -2.42. The van der Waals surface area contributed by atoms with Crippen LogP contribution in [-0.4, -0.2) is 29.9 Å². The number of rotatable bonds is 10. The van der Waals surface area contributed by atoms with Crippen LogP contribution in [0, 0.1) is 11.8 Å². The molecule has 0 saturated heterocycles. The van der Waals surface area contributed by atoms with Gasteiger partial charge in [0.15, 0.2) is 0 Å². The van der Waals surface area contributed by atoms with Crippen molar-refractivity contribution in [2.75, 3.05) is 0 Å². The summed E-state index contributed by atoms with van der Waals surface area (Å²) in [7, 11) is 0. The molecular formula is C134H82N6. The highest BCUT2D eigenvalue weighted by atomic mass is 14.8. The minimum atomic E-state index is -0.497. The summed E-state index contributed by atoms with van der Waals surface area (Å²) in [5, 5.41) is 18.8. The van der Waals surface area contributed by atoms with Crippen molar-refractivity contribution in [3.05, 3.63) is 564 Å². The maximum Gasteiger partial charge on any atom is 0.0970 e. The first-order valence-corrected chi connectivity index (χ1v) is 48.4. The summed E-state index contributed by atoms with van der Waals surface area (Å²) in [6, 6.07) is 152. The molecule has 0 saturated carbocycles. The van der Waals surface area contributed by atoms with Crippen LogP contribution in [0.3, 0.4) is 0 Å². The normalized spacial score (nSPS) is 15.5. The number of benzene rings is 18. The fourth-order valence-corrected chi connectivity index (χ4v) is 25.0. The minimum absolute atomic E-state index is 0.195. The van der Waals surface area contributed by atoms with E-state index in [-0.39, 0.29) is 11.8 Å². The molecule has 2 unspecified atom stereocenters. The zero-order valence-corrected chi connectivity index (χ0v) is 76.0. The van der Waals surface area contributed by atoms with Crippen LogP contribution in [0.25, 0.3) is 197 Å². The van der Waals surface area contributed by atoms with Gasteiger partial charge in [0, 0.05) is 90.8 Å². The molecule has 2 atom stereocenters. The van der Waals surface area contributed by atoms with Crippen LogP contribution in [0.15, 0.2) is 508 Å². The largest absolute Gasteiger partial charge is 0.254 e. The van der Waals surface area contributed by atoms with Crippen LogP contribution in [0.4, 0.5) is 0 Å². The summed E-state index contributed by atoms with van der Waals surface area (Å²) < 4.78 is 0. The van der Waals surface area contributed by atoms with Crippen molar-refractivity contribution >= 4 is 130 Å². The van der Waals surface area contributed by atoms with Crippen molar-refractivity contribution in [3.8, 4) is 67.0 Å². The van der Waals surface area contributed by atoms with E-state index in [0.29, 0.717) is 0 Å². The third-order valence-corrected chi connectivity index (χ3v) is 31.0. The molecule has 0 fully saturated rings. The van der Waals surface area contributed by atoms with E-state index in [0.717, 1.165) is 115 Å². The molecule has 6 heterocycles. The van der Waals surface area contributed by atoms with E-state index < -0.39 is 10.8 Å². The second-order valence-corrected chi connectivity index (χ2v) is 37.9. The number of nitrogens with zero attached hydrogens (tertiary/aromatic N) is 6. The Balaban J connectivity index is 0.000000134. The van der Waals surface area contributed by atoms with Crippen LogP contribution in [0.1, 0.15) is 55.6 Å². The van der Waals surface area contributed by atoms with Gasteiger partial charge in [0.25, 0.3) is 0 Å². The Morgan fingerprint density at radius 2 is 0.621 bits per heavy atom. The molecule has 0 N–H and O–H groups in total. The number of fused-ring (bicyclic) bond motifs is 24. The summed E-state index contributed by atoms with van der Waals surface area (Å²) in [4.78, 5) is 30.2. The third-order valence-electron chi connectivity index (χ3n) is 31.0.